The lowest BCUT2D eigenvalue weighted by Crippen LogP contribution is -2.15. The van der Waals surface area contributed by atoms with Gasteiger partial charge in [0, 0.05) is 19.0 Å². The van der Waals surface area contributed by atoms with Crippen LogP contribution in [0.3, 0.4) is 0 Å². The Morgan fingerprint density at radius 1 is 1.35 bits per heavy atom. The van der Waals surface area contributed by atoms with Gasteiger partial charge in [0.05, 0.1) is 15.9 Å². The Bertz CT molecular complexity index is 545. The second-order valence-corrected chi connectivity index (χ2v) is 4.30. The Balaban J connectivity index is 2.87. The predicted molar refractivity (Wildman–Crippen MR) is 69.7 cm³/mol. The summed E-state index contributed by atoms with van der Waals surface area (Å²) < 4.78 is 0. The molecule has 0 radical (unpaired) electrons. The summed E-state index contributed by atoms with van der Waals surface area (Å²) in [6, 6.07) is 3.26. The maximum atomic E-state index is 10.9. The van der Waals surface area contributed by atoms with Gasteiger partial charge >= 0.3 is 5.97 Å². The molecule has 0 saturated carbocycles. The van der Waals surface area contributed by atoms with Gasteiger partial charge in [-0.2, -0.15) is 0 Å². The number of rotatable bonds is 7. The minimum absolute atomic E-state index is 0.0756. The smallest absolute Gasteiger partial charge is 0.303 e. The van der Waals surface area contributed by atoms with E-state index in [1.807, 2.05) is 0 Å². The first kappa shape index (κ1) is 15.3. The summed E-state index contributed by atoms with van der Waals surface area (Å²) in [4.78, 5) is 30.5. The minimum Gasteiger partial charge on any atom is -0.481 e. The van der Waals surface area contributed by atoms with Crippen LogP contribution in [-0.2, 0) is 4.79 Å². The molecule has 9 nitrogen and oxygen atoms in total. The molecule has 1 unspecified atom stereocenters. The van der Waals surface area contributed by atoms with Crippen LogP contribution in [0.25, 0.3) is 0 Å². The number of benzene rings is 1. The molecule has 1 atom stereocenters. The van der Waals surface area contributed by atoms with Crippen LogP contribution >= 0.6 is 0 Å². The number of aliphatic carboxylic acids is 1. The third-order valence-electron chi connectivity index (χ3n) is 2.55. The van der Waals surface area contributed by atoms with E-state index in [1.165, 1.54) is 6.07 Å². The number of carbonyl (C=O) groups is 1. The number of hydrogen-bond acceptors (Lipinski definition) is 6. The molecule has 0 aliphatic carbocycles. The van der Waals surface area contributed by atoms with E-state index in [0.717, 1.165) is 12.1 Å². The summed E-state index contributed by atoms with van der Waals surface area (Å²) >= 11 is 0. The zero-order valence-corrected chi connectivity index (χ0v) is 10.6. The molecular weight excluding hydrogens is 270 g/mol. The molecule has 1 aromatic carbocycles. The van der Waals surface area contributed by atoms with Crippen molar-refractivity contribution in [3.63, 3.8) is 0 Å². The zero-order valence-electron chi connectivity index (χ0n) is 10.6. The number of carboxylic acid groups (broad SMARTS) is 1. The first-order valence-electron chi connectivity index (χ1n) is 5.69. The van der Waals surface area contributed by atoms with Gasteiger partial charge in [-0.3, -0.25) is 25.0 Å². The van der Waals surface area contributed by atoms with E-state index in [9.17, 15) is 25.0 Å². The van der Waals surface area contributed by atoms with Crippen molar-refractivity contribution in [2.24, 2.45) is 5.92 Å². The van der Waals surface area contributed by atoms with E-state index in [1.54, 1.807) is 6.92 Å². The predicted octanol–water partition coefficient (Wildman–Crippen LogP) is 2.03. The molecule has 0 spiro atoms. The molecule has 20 heavy (non-hydrogen) atoms. The number of nitrogens with one attached hydrogen (secondary N) is 1. The van der Waals surface area contributed by atoms with Crippen molar-refractivity contribution < 1.29 is 19.7 Å². The molecule has 108 valence electrons. The number of nitrogens with zero attached hydrogens (tertiary/aromatic N) is 2. The van der Waals surface area contributed by atoms with E-state index in [4.69, 9.17) is 5.11 Å². The molecule has 1 aromatic rings. The lowest BCUT2D eigenvalue weighted by molar-refractivity contribution is -0.393. The normalized spacial score (nSPS) is 11.7. The van der Waals surface area contributed by atoms with Gasteiger partial charge in [0.1, 0.15) is 5.69 Å². The fourth-order valence-electron chi connectivity index (χ4n) is 1.59. The second kappa shape index (κ2) is 6.45. The van der Waals surface area contributed by atoms with Gasteiger partial charge in [-0.15, -0.1) is 0 Å². The molecule has 0 saturated heterocycles. The third kappa shape index (κ3) is 4.19. The van der Waals surface area contributed by atoms with Crippen molar-refractivity contribution in [3.8, 4) is 0 Å². The first-order chi connectivity index (χ1) is 9.31. The van der Waals surface area contributed by atoms with E-state index in [0.29, 0.717) is 0 Å². The molecule has 0 bridgehead atoms. The highest BCUT2D eigenvalue weighted by atomic mass is 16.6. The fourth-order valence-corrected chi connectivity index (χ4v) is 1.59. The molecule has 0 aromatic heterocycles. The van der Waals surface area contributed by atoms with Gasteiger partial charge in [-0.25, -0.2) is 0 Å². The second-order valence-electron chi connectivity index (χ2n) is 4.30. The molecule has 1 rings (SSSR count). The molecule has 0 fully saturated rings. The summed E-state index contributed by atoms with van der Waals surface area (Å²) in [5.41, 5.74) is -0.666. The van der Waals surface area contributed by atoms with Crippen LogP contribution in [0, 0.1) is 26.1 Å². The third-order valence-corrected chi connectivity index (χ3v) is 2.55. The summed E-state index contributed by atoms with van der Waals surface area (Å²) in [5, 5.41) is 32.8. The van der Waals surface area contributed by atoms with E-state index >= 15 is 0 Å². The topological polar surface area (TPSA) is 136 Å². The minimum atomic E-state index is -0.961. The van der Waals surface area contributed by atoms with Gasteiger partial charge in [-0.05, 0) is 12.0 Å². The molecule has 0 heterocycles. The number of non-ortho nitro benzene ring substituents is 1. The number of nitro groups is 2. The molecular formula is C11H13N3O6. The lowest BCUT2D eigenvalue weighted by atomic mass is 10.1. The van der Waals surface area contributed by atoms with Crippen LogP contribution in [0.1, 0.15) is 13.3 Å². The van der Waals surface area contributed by atoms with Gasteiger partial charge in [-0.1, -0.05) is 6.92 Å². The van der Waals surface area contributed by atoms with Crippen molar-refractivity contribution in [3.05, 3.63) is 38.4 Å². The van der Waals surface area contributed by atoms with E-state index in [2.05, 4.69) is 5.32 Å². The molecule has 9 heteroatoms. The van der Waals surface area contributed by atoms with Crippen molar-refractivity contribution in [1.29, 1.82) is 0 Å². The van der Waals surface area contributed by atoms with Gasteiger partial charge in [0.25, 0.3) is 11.4 Å². The fraction of sp³-hybridized carbons (Fsp3) is 0.364. The van der Waals surface area contributed by atoms with Crippen molar-refractivity contribution in [2.75, 3.05) is 11.9 Å². The number of hydrogen-bond donors (Lipinski definition) is 2. The molecule has 0 amide bonds. The Labute approximate surface area is 113 Å². The van der Waals surface area contributed by atoms with Crippen LogP contribution in [0.2, 0.25) is 0 Å². The highest BCUT2D eigenvalue weighted by Gasteiger charge is 2.19. The van der Waals surface area contributed by atoms with Crippen LogP contribution in [0.15, 0.2) is 18.2 Å². The largest absolute Gasteiger partial charge is 0.481 e. The molecule has 0 aliphatic rings. The summed E-state index contributed by atoms with van der Waals surface area (Å²) in [6.07, 6.45) is -0.0756. The number of carboxylic acids is 1. The quantitative estimate of drug-likeness (QED) is 0.577. The van der Waals surface area contributed by atoms with Crippen LogP contribution in [-0.4, -0.2) is 27.5 Å². The van der Waals surface area contributed by atoms with Gasteiger partial charge in [0.15, 0.2) is 0 Å². The van der Waals surface area contributed by atoms with Gasteiger partial charge < -0.3 is 10.4 Å². The Hall–Kier alpha value is -2.71. The van der Waals surface area contributed by atoms with Crippen LogP contribution < -0.4 is 5.32 Å². The highest BCUT2D eigenvalue weighted by Crippen LogP contribution is 2.29. The average molecular weight is 283 g/mol. The first-order valence-corrected chi connectivity index (χ1v) is 5.69. The van der Waals surface area contributed by atoms with E-state index < -0.39 is 21.5 Å². The summed E-state index contributed by atoms with van der Waals surface area (Å²) in [5.74, 6) is -1.19. The summed E-state index contributed by atoms with van der Waals surface area (Å²) in [6.45, 7) is 1.89. The van der Waals surface area contributed by atoms with Gasteiger partial charge in [0.2, 0.25) is 0 Å². The van der Waals surface area contributed by atoms with Crippen molar-refractivity contribution in [2.45, 2.75) is 13.3 Å². The van der Waals surface area contributed by atoms with E-state index in [-0.39, 0.29) is 30.3 Å². The molecule has 2 N–H and O–H groups in total. The van der Waals surface area contributed by atoms with Crippen molar-refractivity contribution >= 4 is 23.0 Å². The Kier molecular flexibility index (Phi) is 4.95. The van der Waals surface area contributed by atoms with Crippen LogP contribution in [0.5, 0.6) is 0 Å². The Morgan fingerprint density at radius 2 is 2.00 bits per heavy atom. The standard InChI is InChI=1S/C11H13N3O6/c1-7(4-11(15)16)6-12-9-3-2-8(13(17)18)5-10(9)14(19)20/h2-3,5,7,12H,4,6H2,1H3,(H,15,16). The average Bonchev–Trinajstić information content (AvgIpc) is 2.35. The number of nitro benzene ring substituents is 2. The zero-order chi connectivity index (χ0) is 15.3. The lowest BCUT2D eigenvalue weighted by Gasteiger charge is -2.11. The summed E-state index contributed by atoms with van der Waals surface area (Å²) in [7, 11) is 0. The number of anilines is 1. The monoisotopic (exact) mass is 283 g/mol. The van der Waals surface area contributed by atoms with Crippen molar-refractivity contribution in [1.82, 2.24) is 0 Å². The van der Waals surface area contributed by atoms with Crippen LogP contribution in [0.4, 0.5) is 17.1 Å². The Morgan fingerprint density at radius 3 is 2.50 bits per heavy atom. The maximum absolute atomic E-state index is 10.9. The molecule has 0 aliphatic heterocycles. The highest BCUT2D eigenvalue weighted by molar-refractivity contribution is 5.67. The SMILES string of the molecule is CC(CNc1ccc([N+](=O)[O-])cc1[N+](=O)[O-])CC(=O)O. The maximum Gasteiger partial charge on any atom is 0.303 e.